The Hall–Kier alpha value is -2.61. The van der Waals surface area contributed by atoms with Gasteiger partial charge in [-0.05, 0) is 49.4 Å². The molecule has 0 atom stereocenters. The number of hydrogen-bond donors (Lipinski definition) is 0. The van der Waals surface area contributed by atoms with Crippen LogP contribution in [0.25, 0.3) is 11.1 Å². The number of aryl methyl sites for hydroxylation is 2. The van der Waals surface area contributed by atoms with Crippen molar-refractivity contribution in [3.63, 3.8) is 0 Å². The van der Waals surface area contributed by atoms with Crippen LogP contribution in [0.4, 0.5) is 0 Å². The second kappa shape index (κ2) is 7.31. The second-order valence-corrected chi connectivity index (χ2v) is 6.24. The molecular formula is C22H23NO. The summed E-state index contributed by atoms with van der Waals surface area (Å²) in [6, 6.07) is 22.7. The Morgan fingerprint density at radius 1 is 0.875 bits per heavy atom. The standard InChI is InChI=1S/C22H23NO/c1-17-16-21(20-13-7-4-8-14-20)18(2)22(24)23(17)15-9-12-19-10-5-3-6-11-19/h3-8,10-11,13-14,16H,9,12,15H2,1-2H3. The molecule has 2 aromatic carbocycles. The zero-order valence-electron chi connectivity index (χ0n) is 14.3. The van der Waals surface area contributed by atoms with E-state index in [-0.39, 0.29) is 5.56 Å². The third-order valence-electron chi connectivity index (χ3n) is 4.52. The molecule has 0 radical (unpaired) electrons. The molecule has 0 spiro atoms. The van der Waals surface area contributed by atoms with Crippen molar-refractivity contribution in [3.05, 3.63) is 93.9 Å². The van der Waals surface area contributed by atoms with Crippen LogP contribution in [0.15, 0.2) is 71.5 Å². The Morgan fingerprint density at radius 2 is 1.50 bits per heavy atom. The van der Waals surface area contributed by atoms with Gasteiger partial charge in [0.15, 0.2) is 0 Å². The molecule has 0 N–H and O–H groups in total. The average Bonchev–Trinajstić information content (AvgIpc) is 2.62. The van der Waals surface area contributed by atoms with Crippen molar-refractivity contribution >= 4 is 0 Å². The molecule has 0 aliphatic carbocycles. The number of pyridine rings is 1. The van der Waals surface area contributed by atoms with Gasteiger partial charge in [-0.15, -0.1) is 0 Å². The summed E-state index contributed by atoms with van der Waals surface area (Å²) in [4.78, 5) is 12.8. The summed E-state index contributed by atoms with van der Waals surface area (Å²) in [5, 5.41) is 0. The number of aromatic nitrogens is 1. The highest BCUT2D eigenvalue weighted by molar-refractivity contribution is 5.66. The van der Waals surface area contributed by atoms with Crippen LogP contribution in [-0.4, -0.2) is 4.57 Å². The van der Waals surface area contributed by atoms with Crippen LogP contribution in [0.2, 0.25) is 0 Å². The first kappa shape index (κ1) is 16.3. The number of benzene rings is 2. The topological polar surface area (TPSA) is 22.0 Å². The van der Waals surface area contributed by atoms with Gasteiger partial charge < -0.3 is 4.57 Å². The van der Waals surface area contributed by atoms with Crippen LogP contribution in [0.5, 0.6) is 0 Å². The largest absolute Gasteiger partial charge is 0.313 e. The summed E-state index contributed by atoms with van der Waals surface area (Å²) in [7, 11) is 0. The van der Waals surface area contributed by atoms with E-state index in [4.69, 9.17) is 0 Å². The lowest BCUT2D eigenvalue weighted by molar-refractivity contribution is 0.605. The Balaban J connectivity index is 1.82. The third-order valence-corrected chi connectivity index (χ3v) is 4.52. The minimum absolute atomic E-state index is 0.127. The fourth-order valence-corrected chi connectivity index (χ4v) is 3.15. The highest BCUT2D eigenvalue weighted by atomic mass is 16.1. The molecular weight excluding hydrogens is 294 g/mol. The summed E-state index contributed by atoms with van der Waals surface area (Å²) in [6.45, 7) is 4.71. The van der Waals surface area contributed by atoms with Gasteiger partial charge in [-0.1, -0.05) is 60.7 Å². The van der Waals surface area contributed by atoms with Crippen molar-refractivity contribution in [2.24, 2.45) is 0 Å². The summed E-state index contributed by atoms with van der Waals surface area (Å²) in [5.41, 5.74) is 5.44. The average molecular weight is 317 g/mol. The Kier molecular flexibility index (Phi) is 4.95. The minimum atomic E-state index is 0.127. The highest BCUT2D eigenvalue weighted by Gasteiger charge is 2.10. The SMILES string of the molecule is Cc1c(-c2ccccc2)cc(C)n(CCCc2ccccc2)c1=O. The van der Waals surface area contributed by atoms with E-state index in [0.717, 1.165) is 41.8 Å². The lowest BCUT2D eigenvalue weighted by Gasteiger charge is -2.14. The molecule has 24 heavy (non-hydrogen) atoms. The third kappa shape index (κ3) is 3.48. The lowest BCUT2D eigenvalue weighted by atomic mass is 10.0. The predicted molar refractivity (Wildman–Crippen MR) is 100 cm³/mol. The first-order valence-corrected chi connectivity index (χ1v) is 8.47. The summed E-state index contributed by atoms with van der Waals surface area (Å²) >= 11 is 0. The van der Waals surface area contributed by atoms with E-state index in [2.05, 4.69) is 42.5 Å². The van der Waals surface area contributed by atoms with Crippen LogP contribution in [0, 0.1) is 13.8 Å². The van der Waals surface area contributed by atoms with Crippen LogP contribution in [0.3, 0.4) is 0 Å². The molecule has 0 bridgehead atoms. The Labute approximate surface area is 143 Å². The van der Waals surface area contributed by atoms with Gasteiger partial charge in [0, 0.05) is 17.8 Å². The zero-order valence-corrected chi connectivity index (χ0v) is 14.3. The predicted octanol–water partition coefficient (Wildman–Crippen LogP) is 4.76. The van der Waals surface area contributed by atoms with E-state index in [0.29, 0.717) is 0 Å². The van der Waals surface area contributed by atoms with E-state index in [1.807, 2.05) is 42.7 Å². The molecule has 3 rings (SSSR count). The van der Waals surface area contributed by atoms with Gasteiger partial charge in [-0.25, -0.2) is 0 Å². The molecule has 0 unspecified atom stereocenters. The maximum absolute atomic E-state index is 12.8. The van der Waals surface area contributed by atoms with Crippen molar-refractivity contribution < 1.29 is 0 Å². The van der Waals surface area contributed by atoms with Crippen LogP contribution >= 0.6 is 0 Å². The molecule has 122 valence electrons. The van der Waals surface area contributed by atoms with Crippen molar-refractivity contribution in [1.82, 2.24) is 4.57 Å². The van der Waals surface area contributed by atoms with Crippen molar-refractivity contribution in [2.75, 3.05) is 0 Å². The fourth-order valence-electron chi connectivity index (χ4n) is 3.15. The van der Waals surface area contributed by atoms with Crippen LogP contribution in [-0.2, 0) is 13.0 Å². The van der Waals surface area contributed by atoms with E-state index in [1.54, 1.807) is 0 Å². The molecule has 0 amide bonds. The summed E-state index contributed by atoms with van der Waals surface area (Å²) in [6.07, 6.45) is 1.96. The number of nitrogens with zero attached hydrogens (tertiary/aromatic N) is 1. The molecule has 1 heterocycles. The molecule has 0 saturated heterocycles. The molecule has 3 aromatic rings. The van der Waals surface area contributed by atoms with E-state index >= 15 is 0 Å². The molecule has 0 saturated carbocycles. The van der Waals surface area contributed by atoms with Crippen LogP contribution in [0.1, 0.15) is 23.2 Å². The molecule has 2 heteroatoms. The summed E-state index contributed by atoms with van der Waals surface area (Å²) < 4.78 is 1.91. The molecule has 0 fully saturated rings. The lowest BCUT2D eigenvalue weighted by Crippen LogP contribution is -2.25. The molecule has 0 aliphatic rings. The van der Waals surface area contributed by atoms with Crippen LogP contribution < -0.4 is 5.56 Å². The Bertz CT molecular complexity index is 864. The van der Waals surface area contributed by atoms with Gasteiger partial charge in [-0.2, -0.15) is 0 Å². The normalized spacial score (nSPS) is 10.8. The number of rotatable bonds is 5. The maximum atomic E-state index is 12.8. The van der Waals surface area contributed by atoms with Gasteiger partial charge >= 0.3 is 0 Å². The first-order valence-electron chi connectivity index (χ1n) is 8.47. The molecule has 2 nitrogen and oxygen atoms in total. The van der Waals surface area contributed by atoms with E-state index in [9.17, 15) is 4.79 Å². The van der Waals surface area contributed by atoms with Gasteiger partial charge in [0.2, 0.25) is 0 Å². The van der Waals surface area contributed by atoms with Crippen molar-refractivity contribution in [2.45, 2.75) is 33.2 Å². The van der Waals surface area contributed by atoms with Crippen molar-refractivity contribution in [3.8, 4) is 11.1 Å². The second-order valence-electron chi connectivity index (χ2n) is 6.24. The highest BCUT2D eigenvalue weighted by Crippen LogP contribution is 2.22. The monoisotopic (exact) mass is 317 g/mol. The smallest absolute Gasteiger partial charge is 0.254 e. The molecule has 0 aliphatic heterocycles. The van der Waals surface area contributed by atoms with E-state index in [1.165, 1.54) is 5.56 Å². The van der Waals surface area contributed by atoms with Crippen molar-refractivity contribution in [1.29, 1.82) is 0 Å². The molecule has 1 aromatic heterocycles. The van der Waals surface area contributed by atoms with E-state index < -0.39 is 0 Å². The minimum Gasteiger partial charge on any atom is -0.313 e. The van der Waals surface area contributed by atoms with Gasteiger partial charge in [0.25, 0.3) is 5.56 Å². The van der Waals surface area contributed by atoms with Gasteiger partial charge in [-0.3, -0.25) is 4.79 Å². The number of hydrogen-bond acceptors (Lipinski definition) is 1. The maximum Gasteiger partial charge on any atom is 0.254 e. The quantitative estimate of drug-likeness (QED) is 0.664. The zero-order chi connectivity index (χ0) is 16.9. The van der Waals surface area contributed by atoms with Gasteiger partial charge in [0.05, 0.1) is 0 Å². The first-order chi connectivity index (χ1) is 11.7. The van der Waals surface area contributed by atoms with Gasteiger partial charge in [0.1, 0.15) is 0 Å². The summed E-state index contributed by atoms with van der Waals surface area (Å²) in [5.74, 6) is 0. The fraction of sp³-hybridized carbons (Fsp3) is 0.227. The Morgan fingerprint density at radius 3 is 2.17 bits per heavy atom.